The van der Waals surface area contributed by atoms with Crippen LogP contribution in [0.2, 0.25) is 0 Å². The molecule has 0 aliphatic rings. The lowest BCUT2D eigenvalue weighted by atomic mass is 10.1. The van der Waals surface area contributed by atoms with Crippen molar-refractivity contribution in [1.29, 1.82) is 0 Å². The van der Waals surface area contributed by atoms with Crippen molar-refractivity contribution < 1.29 is 9.47 Å². The van der Waals surface area contributed by atoms with Gasteiger partial charge in [-0.2, -0.15) is 0 Å². The topological polar surface area (TPSA) is 44.5 Å². The van der Waals surface area contributed by atoms with Crippen LogP contribution in [0.25, 0.3) is 0 Å². The third-order valence-electron chi connectivity index (χ3n) is 2.68. The standard InChI is InChI=1S/C14H23NO2/c1-11(2)5-4-8-17-14-9-13(16-3)7-6-12(14)10-15/h6-7,9,11H,4-5,8,10,15H2,1-3H3. The van der Waals surface area contributed by atoms with Crippen molar-refractivity contribution in [2.24, 2.45) is 11.7 Å². The van der Waals surface area contributed by atoms with Gasteiger partial charge in [0.05, 0.1) is 13.7 Å². The van der Waals surface area contributed by atoms with Crippen LogP contribution in [0.3, 0.4) is 0 Å². The van der Waals surface area contributed by atoms with Crippen molar-refractivity contribution in [1.82, 2.24) is 0 Å². The summed E-state index contributed by atoms with van der Waals surface area (Å²) in [6, 6.07) is 5.76. The van der Waals surface area contributed by atoms with E-state index in [1.54, 1.807) is 7.11 Å². The Bertz CT molecular complexity index is 337. The van der Waals surface area contributed by atoms with E-state index in [1.165, 1.54) is 6.42 Å². The van der Waals surface area contributed by atoms with Crippen LogP contribution in [-0.4, -0.2) is 13.7 Å². The van der Waals surface area contributed by atoms with Gasteiger partial charge in [-0.3, -0.25) is 0 Å². The highest BCUT2D eigenvalue weighted by atomic mass is 16.5. The summed E-state index contributed by atoms with van der Waals surface area (Å²) in [6.45, 7) is 5.66. The van der Waals surface area contributed by atoms with Crippen molar-refractivity contribution in [3.63, 3.8) is 0 Å². The first kappa shape index (κ1) is 13.8. The first-order valence-corrected chi connectivity index (χ1v) is 6.17. The highest BCUT2D eigenvalue weighted by molar-refractivity contribution is 5.40. The summed E-state index contributed by atoms with van der Waals surface area (Å²) in [5.74, 6) is 2.37. The minimum Gasteiger partial charge on any atom is -0.497 e. The van der Waals surface area contributed by atoms with Gasteiger partial charge in [-0.05, 0) is 24.8 Å². The van der Waals surface area contributed by atoms with Gasteiger partial charge in [0.15, 0.2) is 0 Å². The van der Waals surface area contributed by atoms with Crippen LogP contribution in [0.4, 0.5) is 0 Å². The van der Waals surface area contributed by atoms with E-state index in [2.05, 4.69) is 13.8 Å². The van der Waals surface area contributed by atoms with Gasteiger partial charge < -0.3 is 15.2 Å². The average Bonchev–Trinajstić information content (AvgIpc) is 2.34. The zero-order valence-corrected chi connectivity index (χ0v) is 11.0. The Morgan fingerprint density at radius 2 is 2.06 bits per heavy atom. The molecule has 0 heterocycles. The minimum absolute atomic E-state index is 0.490. The second kappa shape index (κ2) is 7.17. The van der Waals surface area contributed by atoms with Crippen LogP contribution in [0.15, 0.2) is 18.2 Å². The van der Waals surface area contributed by atoms with E-state index in [-0.39, 0.29) is 0 Å². The molecule has 17 heavy (non-hydrogen) atoms. The molecule has 1 rings (SSSR count). The molecule has 0 aromatic heterocycles. The van der Waals surface area contributed by atoms with E-state index in [9.17, 15) is 0 Å². The van der Waals surface area contributed by atoms with Crippen molar-refractivity contribution in [2.45, 2.75) is 33.2 Å². The Morgan fingerprint density at radius 3 is 2.65 bits per heavy atom. The highest BCUT2D eigenvalue weighted by Gasteiger charge is 2.04. The molecular weight excluding hydrogens is 214 g/mol. The summed E-state index contributed by atoms with van der Waals surface area (Å²) < 4.78 is 10.9. The molecule has 3 heteroatoms. The molecule has 0 aliphatic carbocycles. The smallest absolute Gasteiger partial charge is 0.127 e. The second-order valence-electron chi connectivity index (χ2n) is 4.56. The molecule has 0 radical (unpaired) electrons. The average molecular weight is 237 g/mol. The zero-order chi connectivity index (χ0) is 12.7. The summed E-state index contributed by atoms with van der Waals surface area (Å²) in [6.07, 6.45) is 2.25. The maximum atomic E-state index is 5.76. The molecule has 3 nitrogen and oxygen atoms in total. The van der Waals surface area contributed by atoms with E-state index >= 15 is 0 Å². The Labute approximate surface area is 104 Å². The maximum absolute atomic E-state index is 5.76. The Morgan fingerprint density at radius 1 is 1.29 bits per heavy atom. The zero-order valence-electron chi connectivity index (χ0n) is 11.0. The van der Waals surface area contributed by atoms with Gasteiger partial charge in [0, 0.05) is 18.2 Å². The van der Waals surface area contributed by atoms with Gasteiger partial charge in [0.1, 0.15) is 11.5 Å². The minimum atomic E-state index is 0.490. The molecule has 0 amide bonds. The van der Waals surface area contributed by atoms with Crippen LogP contribution in [0.5, 0.6) is 11.5 Å². The normalized spacial score (nSPS) is 10.6. The van der Waals surface area contributed by atoms with E-state index in [0.29, 0.717) is 6.54 Å². The molecular formula is C14H23NO2. The predicted molar refractivity (Wildman–Crippen MR) is 70.5 cm³/mol. The van der Waals surface area contributed by atoms with Gasteiger partial charge in [-0.15, -0.1) is 0 Å². The SMILES string of the molecule is COc1ccc(CN)c(OCCCC(C)C)c1. The van der Waals surface area contributed by atoms with E-state index in [0.717, 1.165) is 36.0 Å². The van der Waals surface area contributed by atoms with E-state index in [1.807, 2.05) is 18.2 Å². The molecule has 1 aromatic rings. The van der Waals surface area contributed by atoms with Gasteiger partial charge >= 0.3 is 0 Å². The first-order chi connectivity index (χ1) is 8.17. The summed E-state index contributed by atoms with van der Waals surface area (Å²) in [7, 11) is 1.65. The third-order valence-corrected chi connectivity index (χ3v) is 2.68. The van der Waals surface area contributed by atoms with Crippen molar-refractivity contribution in [2.75, 3.05) is 13.7 Å². The lowest BCUT2D eigenvalue weighted by Crippen LogP contribution is -2.05. The van der Waals surface area contributed by atoms with Gasteiger partial charge in [0.25, 0.3) is 0 Å². The van der Waals surface area contributed by atoms with Gasteiger partial charge in [0.2, 0.25) is 0 Å². The molecule has 0 spiro atoms. The van der Waals surface area contributed by atoms with E-state index < -0.39 is 0 Å². The lowest BCUT2D eigenvalue weighted by Gasteiger charge is -2.12. The van der Waals surface area contributed by atoms with Gasteiger partial charge in [-0.25, -0.2) is 0 Å². The number of nitrogens with two attached hydrogens (primary N) is 1. The second-order valence-corrected chi connectivity index (χ2v) is 4.56. The lowest BCUT2D eigenvalue weighted by molar-refractivity contribution is 0.293. The molecule has 0 unspecified atom stereocenters. The third kappa shape index (κ3) is 4.65. The Hall–Kier alpha value is -1.22. The van der Waals surface area contributed by atoms with Crippen molar-refractivity contribution >= 4 is 0 Å². The Kier molecular flexibility index (Phi) is 5.84. The Balaban J connectivity index is 2.55. The summed E-state index contributed by atoms with van der Waals surface area (Å²) >= 11 is 0. The summed E-state index contributed by atoms with van der Waals surface area (Å²) in [5.41, 5.74) is 6.70. The molecule has 0 saturated heterocycles. The number of methoxy groups -OCH3 is 1. The first-order valence-electron chi connectivity index (χ1n) is 6.17. The number of ether oxygens (including phenoxy) is 2. The number of benzene rings is 1. The van der Waals surface area contributed by atoms with Gasteiger partial charge in [-0.1, -0.05) is 19.9 Å². The van der Waals surface area contributed by atoms with Crippen LogP contribution in [0.1, 0.15) is 32.3 Å². The number of rotatable bonds is 7. The largest absolute Gasteiger partial charge is 0.497 e. The summed E-state index contributed by atoms with van der Waals surface area (Å²) in [5, 5.41) is 0. The molecule has 0 fully saturated rings. The van der Waals surface area contributed by atoms with Crippen molar-refractivity contribution in [3.8, 4) is 11.5 Å². The molecule has 0 bridgehead atoms. The fourth-order valence-electron chi connectivity index (χ4n) is 1.64. The predicted octanol–water partition coefficient (Wildman–Crippen LogP) is 2.97. The fourth-order valence-corrected chi connectivity index (χ4v) is 1.64. The number of hydrogen-bond acceptors (Lipinski definition) is 3. The van der Waals surface area contributed by atoms with E-state index in [4.69, 9.17) is 15.2 Å². The molecule has 96 valence electrons. The molecule has 1 aromatic carbocycles. The molecule has 0 atom stereocenters. The van der Waals surface area contributed by atoms with Crippen molar-refractivity contribution in [3.05, 3.63) is 23.8 Å². The molecule has 2 N–H and O–H groups in total. The summed E-state index contributed by atoms with van der Waals surface area (Å²) in [4.78, 5) is 0. The monoisotopic (exact) mass is 237 g/mol. The fraction of sp³-hybridized carbons (Fsp3) is 0.571. The van der Waals surface area contributed by atoms with Crippen LogP contribution in [-0.2, 0) is 6.54 Å². The number of hydrogen-bond donors (Lipinski definition) is 1. The molecule has 0 saturated carbocycles. The highest BCUT2D eigenvalue weighted by Crippen LogP contribution is 2.24. The van der Waals surface area contributed by atoms with Crippen LogP contribution in [0, 0.1) is 5.92 Å². The molecule has 0 aliphatic heterocycles. The maximum Gasteiger partial charge on any atom is 0.127 e. The quantitative estimate of drug-likeness (QED) is 0.741. The van der Waals surface area contributed by atoms with Crippen LogP contribution < -0.4 is 15.2 Å². The van der Waals surface area contributed by atoms with Crippen LogP contribution >= 0.6 is 0 Å².